The molecular weight excluding hydrogens is 311 g/mol. The Kier molecular flexibility index (Phi) is 3.78. The van der Waals surface area contributed by atoms with Gasteiger partial charge >= 0.3 is 0 Å². The lowest BCUT2D eigenvalue weighted by Crippen LogP contribution is -1.94. The van der Waals surface area contributed by atoms with Crippen molar-refractivity contribution in [3.63, 3.8) is 0 Å². The van der Waals surface area contributed by atoms with Gasteiger partial charge in [0.25, 0.3) is 0 Å². The van der Waals surface area contributed by atoms with Crippen LogP contribution in [-0.4, -0.2) is 9.97 Å². The molecule has 1 aromatic carbocycles. The summed E-state index contributed by atoms with van der Waals surface area (Å²) in [6.07, 6.45) is 0.886. The van der Waals surface area contributed by atoms with E-state index in [-0.39, 0.29) is 16.9 Å². The molecule has 0 aliphatic heterocycles. The number of aromatic nitrogens is 2. The minimum atomic E-state index is -0.397. The Morgan fingerprint density at radius 1 is 1.33 bits per heavy atom. The molecule has 0 bridgehead atoms. The molecule has 3 nitrogen and oxygen atoms in total. The first kappa shape index (κ1) is 14.2. The lowest BCUT2D eigenvalue weighted by atomic mass is 10.2. The van der Waals surface area contributed by atoms with Gasteiger partial charge in [-0.05, 0) is 42.6 Å². The largest absolute Gasteiger partial charge is 0.435 e. The topological polar surface area (TPSA) is 35.0 Å². The quantitative estimate of drug-likeness (QED) is 0.626. The van der Waals surface area contributed by atoms with Gasteiger partial charge in [0, 0.05) is 4.88 Å². The van der Waals surface area contributed by atoms with Crippen LogP contribution in [-0.2, 0) is 6.42 Å². The summed E-state index contributed by atoms with van der Waals surface area (Å²) in [6, 6.07) is 6.94. The third-order valence-electron chi connectivity index (χ3n) is 3.09. The second-order valence-corrected chi connectivity index (χ2v) is 6.03. The summed E-state index contributed by atoms with van der Waals surface area (Å²) in [7, 11) is 0. The number of hydrogen-bond donors (Lipinski definition) is 0. The minimum absolute atomic E-state index is 0.0927. The van der Waals surface area contributed by atoms with Crippen molar-refractivity contribution in [3.05, 3.63) is 45.8 Å². The lowest BCUT2D eigenvalue weighted by molar-refractivity contribution is 0.430. The van der Waals surface area contributed by atoms with E-state index in [1.807, 2.05) is 6.07 Å². The first-order valence-corrected chi connectivity index (χ1v) is 7.67. The van der Waals surface area contributed by atoms with E-state index >= 15 is 0 Å². The maximum absolute atomic E-state index is 14.1. The number of benzene rings is 1. The van der Waals surface area contributed by atoms with Crippen LogP contribution in [0.4, 0.5) is 4.39 Å². The van der Waals surface area contributed by atoms with E-state index in [0.29, 0.717) is 5.56 Å². The maximum atomic E-state index is 14.1. The van der Waals surface area contributed by atoms with Crippen LogP contribution >= 0.6 is 22.9 Å². The van der Waals surface area contributed by atoms with Crippen molar-refractivity contribution >= 4 is 33.2 Å². The van der Waals surface area contributed by atoms with Gasteiger partial charge in [-0.2, -0.15) is 4.98 Å². The predicted molar refractivity (Wildman–Crippen MR) is 83.0 cm³/mol. The van der Waals surface area contributed by atoms with Crippen molar-refractivity contribution in [1.82, 2.24) is 9.97 Å². The number of aryl methyl sites for hydroxylation is 2. The zero-order valence-electron chi connectivity index (χ0n) is 11.5. The number of rotatable bonds is 3. The van der Waals surface area contributed by atoms with Crippen molar-refractivity contribution < 1.29 is 9.13 Å². The molecule has 0 saturated carbocycles. The molecule has 3 rings (SSSR count). The van der Waals surface area contributed by atoms with Gasteiger partial charge in [-0.15, -0.1) is 11.3 Å². The van der Waals surface area contributed by atoms with Crippen LogP contribution in [0.1, 0.15) is 17.4 Å². The van der Waals surface area contributed by atoms with Gasteiger partial charge in [-0.25, -0.2) is 9.37 Å². The van der Waals surface area contributed by atoms with E-state index < -0.39 is 5.82 Å². The van der Waals surface area contributed by atoms with Gasteiger partial charge in [-0.3, -0.25) is 0 Å². The van der Waals surface area contributed by atoms with Gasteiger partial charge in [0.05, 0.1) is 5.39 Å². The number of halogens is 2. The molecular formula is C15H12ClFN2OS. The predicted octanol–water partition coefficient (Wildman–Crippen LogP) is 5.15. The molecule has 0 saturated heterocycles. The summed E-state index contributed by atoms with van der Waals surface area (Å²) >= 11 is 7.46. The van der Waals surface area contributed by atoms with Gasteiger partial charge < -0.3 is 4.74 Å². The van der Waals surface area contributed by atoms with Crippen molar-refractivity contribution in [3.8, 4) is 11.6 Å². The van der Waals surface area contributed by atoms with Gasteiger partial charge in [-0.1, -0.05) is 19.1 Å². The highest BCUT2D eigenvalue weighted by atomic mass is 35.5. The standard InChI is InChI=1S/C15H12ClFN2OS/c1-3-9-7-10-13(18-15(16)19-14(10)21-9)20-11-6-4-5-8(2)12(11)17/h4-7H,3H2,1-2H3. The van der Waals surface area contributed by atoms with E-state index in [1.165, 1.54) is 11.3 Å². The molecule has 108 valence electrons. The molecule has 0 fully saturated rings. The van der Waals surface area contributed by atoms with Crippen LogP contribution in [0, 0.1) is 12.7 Å². The molecule has 0 N–H and O–H groups in total. The van der Waals surface area contributed by atoms with Gasteiger partial charge in [0.2, 0.25) is 11.2 Å². The van der Waals surface area contributed by atoms with Crippen LogP contribution in [0.15, 0.2) is 24.3 Å². The maximum Gasteiger partial charge on any atom is 0.232 e. The van der Waals surface area contributed by atoms with Crippen LogP contribution in [0.2, 0.25) is 5.28 Å². The SMILES string of the molecule is CCc1cc2c(Oc3cccc(C)c3F)nc(Cl)nc2s1. The van der Waals surface area contributed by atoms with E-state index in [9.17, 15) is 4.39 Å². The van der Waals surface area contributed by atoms with Crippen LogP contribution in [0.3, 0.4) is 0 Å². The fourth-order valence-corrected chi connectivity index (χ4v) is 3.15. The van der Waals surface area contributed by atoms with Crippen molar-refractivity contribution in [2.24, 2.45) is 0 Å². The average molecular weight is 323 g/mol. The monoisotopic (exact) mass is 322 g/mol. The highest BCUT2D eigenvalue weighted by Gasteiger charge is 2.15. The fourth-order valence-electron chi connectivity index (χ4n) is 1.98. The number of ether oxygens (including phenoxy) is 1. The molecule has 0 radical (unpaired) electrons. The molecule has 6 heteroatoms. The van der Waals surface area contributed by atoms with Gasteiger partial charge in [0.1, 0.15) is 4.83 Å². The normalized spacial score (nSPS) is 11.0. The Morgan fingerprint density at radius 3 is 2.90 bits per heavy atom. The molecule has 0 aliphatic carbocycles. The molecule has 3 aromatic rings. The van der Waals surface area contributed by atoms with E-state index in [1.54, 1.807) is 25.1 Å². The molecule has 21 heavy (non-hydrogen) atoms. The third-order valence-corrected chi connectivity index (χ3v) is 4.44. The molecule has 0 spiro atoms. The Bertz CT molecular complexity index is 819. The molecule has 0 aliphatic rings. The van der Waals surface area contributed by atoms with Crippen molar-refractivity contribution in [1.29, 1.82) is 0 Å². The Labute approximate surface area is 130 Å². The third kappa shape index (κ3) is 2.71. The smallest absolute Gasteiger partial charge is 0.232 e. The number of fused-ring (bicyclic) bond motifs is 1. The van der Waals surface area contributed by atoms with E-state index in [4.69, 9.17) is 16.3 Å². The first-order chi connectivity index (χ1) is 10.1. The zero-order chi connectivity index (χ0) is 15.0. The van der Waals surface area contributed by atoms with Crippen LogP contribution in [0.5, 0.6) is 11.6 Å². The van der Waals surface area contributed by atoms with E-state index in [0.717, 1.165) is 21.5 Å². The molecule has 2 aromatic heterocycles. The Balaban J connectivity index is 2.11. The minimum Gasteiger partial charge on any atom is -0.435 e. The lowest BCUT2D eigenvalue weighted by Gasteiger charge is -2.08. The highest BCUT2D eigenvalue weighted by molar-refractivity contribution is 7.18. The summed E-state index contributed by atoms with van der Waals surface area (Å²) < 4.78 is 19.7. The second kappa shape index (κ2) is 5.58. The first-order valence-electron chi connectivity index (χ1n) is 6.47. The second-order valence-electron chi connectivity index (χ2n) is 4.57. The number of thiophene rings is 1. The summed E-state index contributed by atoms with van der Waals surface area (Å²) in [5.74, 6) is 0.0205. The summed E-state index contributed by atoms with van der Waals surface area (Å²) in [5, 5.41) is 0.845. The molecule has 0 unspecified atom stereocenters. The van der Waals surface area contributed by atoms with Crippen LogP contribution < -0.4 is 4.74 Å². The van der Waals surface area contributed by atoms with Crippen LogP contribution in [0.25, 0.3) is 10.2 Å². The Hall–Kier alpha value is -1.72. The Morgan fingerprint density at radius 2 is 2.14 bits per heavy atom. The summed E-state index contributed by atoms with van der Waals surface area (Å²) in [5.41, 5.74) is 0.517. The van der Waals surface area contributed by atoms with E-state index in [2.05, 4.69) is 16.9 Å². The van der Waals surface area contributed by atoms with Gasteiger partial charge in [0.15, 0.2) is 11.6 Å². The van der Waals surface area contributed by atoms with Crippen molar-refractivity contribution in [2.45, 2.75) is 20.3 Å². The molecule has 2 heterocycles. The van der Waals surface area contributed by atoms with Crippen molar-refractivity contribution in [2.75, 3.05) is 0 Å². The number of nitrogens with zero attached hydrogens (tertiary/aromatic N) is 2. The zero-order valence-corrected chi connectivity index (χ0v) is 13.1. The highest BCUT2D eigenvalue weighted by Crippen LogP contribution is 2.35. The average Bonchev–Trinajstić information content (AvgIpc) is 2.87. The molecule has 0 amide bonds. The molecule has 0 atom stereocenters. The summed E-state index contributed by atoms with van der Waals surface area (Å²) in [4.78, 5) is 10.2. The number of hydrogen-bond acceptors (Lipinski definition) is 4. The fraction of sp³-hybridized carbons (Fsp3) is 0.200. The summed E-state index contributed by atoms with van der Waals surface area (Å²) in [6.45, 7) is 3.74.